The lowest BCUT2D eigenvalue weighted by molar-refractivity contribution is -0.359. The maximum Gasteiger partial charge on any atom is 0.220 e. The van der Waals surface area contributed by atoms with E-state index in [0.717, 1.165) is 44.9 Å². The summed E-state index contributed by atoms with van der Waals surface area (Å²) in [6.07, 6.45) is 61.9. The fraction of sp³-hybridized carbons (Fsp3) is 0.880. The van der Waals surface area contributed by atoms with E-state index in [2.05, 4.69) is 55.6 Å². The summed E-state index contributed by atoms with van der Waals surface area (Å²) in [6.45, 7) is 2.82. The molecule has 0 saturated carbocycles. The average molecular weight is 1260 g/mol. The number of ether oxygens (including phenoxy) is 4. The lowest BCUT2D eigenvalue weighted by Gasteiger charge is -2.46. The Morgan fingerprint density at radius 2 is 0.719 bits per heavy atom. The number of hydrogen-bond donors (Lipinski definition) is 9. The summed E-state index contributed by atoms with van der Waals surface area (Å²) in [6, 6.07) is -0.941. The molecule has 12 atom stereocenters. The first kappa shape index (κ1) is 83.0. The van der Waals surface area contributed by atoms with Crippen LogP contribution in [0.25, 0.3) is 0 Å². The van der Waals surface area contributed by atoms with Gasteiger partial charge in [0.2, 0.25) is 5.91 Å². The van der Waals surface area contributed by atoms with Crippen LogP contribution in [0.15, 0.2) is 48.6 Å². The molecule has 0 aromatic heterocycles. The molecule has 14 heteroatoms. The molecule has 0 bridgehead atoms. The number of allylic oxidation sites excluding steroid dienone is 7. The molecule has 9 N–H and O–H groups in total. The van der Waals surface area contributed by atoms with Crippen LogP contribution >= 0.6 is 0 Å². The molecule has 2 aliphatic heterocycles. The van der Waals surface area contributed by atoms with Crippen LogP contribution < -0.4 is 5.32 Å². The molecule has 0 aromatic carbocycles. The molecular formula is C75H139NO13. The standard InChI is InChI=1S/C75H139NO13/c1-3-5-7-9-11-13-15-17-19-21-23-25-27-28-29-30-31-32-33-34-35-37-38-40-42-44-46-48-50-52-54-56-58-64(79)63(62-86-74-72(85)70(83)73(66(61-78)88-74)89-75-71(84)69(82)68(81)65(60-77)87-75)76-67(80)59-57-55-53-51-49-47-45-43-41-39-36-26-24-22-20-18-16-14-12-10-8-6-4-2/h22,24,40,42,48,50,56,58,63-66,68-75,77-79,81-85H,3-21,23,25-39,41,43-47,49,51-55,57,59-62H2,1-2H3,(H,76,80)/b24-22-,42-40+,50-48+,58-56+. The fourth-order valence-corrected chi connectivity index (χ4v) is 12.3. The Morgan fingerprint density at radius 3 is 1.10 bits per heavy atom. The lowest BCUT2D eigenvalue weighted by atomic mass is 9.97. The molecule has 2 rings (SSSR count). The average Bonchev–Trinajstić information content (AvgIpc) is 3.63. The number of carbonyl (C=O) groups is 1. The van der Waals surface area contributed by atoms with Crippen molar-refractivity contribution < 1.29 is 64.6 Å². The second kappa shape index (κ2) is 59.7. The molecule has 14 nitrogen and oxygen atoms in total. The van der Waals surface area contributed by atoms with Gasteiger partial charge in [-0.25, -0.2) is 0 Å². The van der Waals surface area contributed by atoms with Crippen molar-refractivity contribution in [1.29, 1.82) is 0 Å². The highest BCUT2D eigenvalue weighted by Gasteiger charge is 2.51. The smallest absolute Gasteiger partial charge is 0.220 e. The summed E-state index contributed by atoms with van der Waals surface area (Å²) >= 11 is 0. The van der Waals surface area contributed by atoms with Gasteiger partial charge in [-0.15, -0.1) is 0 Å². The molecule has 0 aromatic rings. The Hall–Kier alpha value is -2.05. The number of amides is 1. The summed E-state index contributed by atoms with van der Waals surface area (Å²) in [5.74, 6) is -0.251. The van der Waals surface area contributed by atoms with E-state index in [1.54, 1.807) is 6.08 Å². The quantitative estimate of drug-likeness (QED) is 0.0204. The zero-order valence-electron chi connectivity index (χ0n) is 56.9. The highest BCUT2D eigenvalue weighted by Crippen LogP contribution is 2.30. The molecule has 12 unspecified atom stereocenters. The number of aliphatic hydroxyl groups is 8. The number of nitrogens with one attached hydrogen (secondary N) is 1. The van der Waals surface area contributed by atoms with Gasteiger partial charge in [0.05, 0.1) is 32.0 Å². The number of rotatable bonds is 62. The van der Waals surface area contributed by atoms with Crippen LogP contribution in [0.2, 0.25) is 0 Å². The highest BCUT2D eigenvalue weighted by molar-refractivity contribution is 5.76. The van der Waals surface area contributed by atoms with Gasteiger partial charge in [0.1, 0.15) is 48.8 Å². The van der Waals surface area contributed by atoms with Crippen LogP contribution in [0.4, 0.5) is 0 Å². The summed E-state index contributed by atoms with van der Waals surface area (Å²) in [5, 5.41) is 87.5. The number of hydrogen-bond acceptors (Lipinski definition) is 13. The predicted molar refractivity (Wildman–Crippen MR) is 364 cm³/mol. The van der Waals surface area contributed by atoms with E-state index >= 15 is 0 Å². The van der Waals surface area contributed by atoms with Gasteiger partial charge < -0.3 is 65.1 Å². The monoisotopic (exact) mass is 1260 g/mol. The summed E-state index contributed by atoms with van der Waals surface area (Å²) in [7, 11) is 0. The van der Waals surface area contributed by atoms with Gasteiger partial charge in [0.15, 0.2) is 12.6 Å². The highest BCUT2D eigenvalue weighted by atomic mass is 16.7. The minimum absolute atomic E-state index is 0.251. The lowest BCUT2D eigenvalue weighted by Crippen LogP contribution is -2.65. The third-order valence-corrected chi connectivity index (χ3v) is 18.2. The van der Waals surface area contributed by atoms with E-state index in [1.807, 2.05) is 6.08 Å². The fourth-order valence-electron chi connectivity index (χ4n) is 12.3. The number of carbonyl (C=O) groups excluding carboxylic acids is 1. The molecule has 0 radical (unpaired) electrons. The van der Waals surface area contributed by atoms with E-state index < -0.39 is 86.8 Å². The van der Waals surface area contributed by atoms with Gasteiger partial charge in [-0.2, -0.15) is 0 Å². The van der Waals surface area contributed by atoms with Crippen molar-refractivity contribution in [3.8, 4) is 0 Å². The number of unbranched alkanes of at least 4 members (excludes halogenated alkanes) is 43. The maximum absolute atomic E-state index is 13.3. The second-order valence-corrected chi connectivity index (χ2v) is 26.4. The predicted octanol–water partition coefficient (Wildman–Crippen LogP) is 15.9. The van der Waals surface area contributed by atoms with Gasteiger partial charge in [0, 0.05) is 6.42 Å². The van der Waals surface area contributed by atoms with Crippen LogP contribution in [-0.2, 0) is 23.7 Å². The zero-order valence-corrected chi connectivity index (χ0v) is 56.9. The second-order valence-electron chi connectivity index (χ2n) is 26.4. The molecule has 0 spiro atoms. The van der Waals surface area contributed by atoms with Crippen LogP contribution in [0, 0.1) is 0 Å². The molecule has 1 amide bonds. The third kappa shape index (κ3) is 43.5. The summed E-state index contributed by atoms with van der Waals surface area (Å²) in [5.41, 5.74) is 0. The minimum Gasteiger partial charge on any atom is -0.394 e. The molecule has 522 valence electrons. The normalized spacial score (nSPS) is 23.3. The van der Waals surface area contributed by atoms with E-state index in [-0.39, 0.29) is 18.9 Å². The molecule has 89 heavy (non-hydrogen) atoms. The van der Waals surface area contributed by atoms with Crippen molar-refractivity contribution in [2.75, 3.05) is 19.8 Å². The van der Waals surface area contributed by atoms with Crippen molar-refractivity contribution in [3.05, 3.63) is 48.6 Å². The maximum atomic E-state index is 13.3. The van der Waals surface area contributed by atoms with Crippen LogP contribution in [-0.4, -0.2) is 140 Å². The third-order valence-electron chi connectivity index (χ3n) is 18.2. The van der Waals surface area contributed by atoms with Crippen LogP contribution in [0.1, 0.15) is 328 Å². The van der Waals surface area contributed by atoms with Crippen molar-refractivity contribution in [3.63, 3.8) is 0 Å². The van der Waals surface area contributed by atoms with Crippen molar-refractivity contribution in [2.45, 2.75) is 402 Å². The topological polar surface area (TPSA) is 228 Å². The van der Waals surface area contributed by atoms with E-state index in [1.165, 1.54) is 250 Å². The Balaban J connectivity index is 1.68. The first-order valence-electron chi connectivity index (χ1n) is 37.4. The molecule has 2 fully saturated rings. The zero-order chi connectivity index (χ0) is 64.5. The van der Waals surface area contributed by atoms with Crippen molar-refractivity contribution in [1.82, 2.24) is 5.32 Å². The largest absolute Gasteiger partial charge is 0.394 e. The van der Waals surface area contributed by atoms with Gasteiger partial charge in [-0.05, 0) is 70.6 Å². The number of aliphatic hydroxyl groups excluding tert-OH is 8. The Bertz CT molecular complexity index is 1680. The van der Waals surface area contributed by atoms with Crippen LogP contribution in [0.3, 0.4) is 0 Å². The van der Waals surface area contributed by atoms with Gasteiger partial charge in [-0.3, -0.25) is 4.79 Å². The summed E-state index contributed by atoms with van der Waals surface area (Å²) in [4.78, 5) is 13.3. The first-order valence-corrected chi connectivity index (χ1v) is 37.4. The Morgan fingerprint density at radius 1 is 0.393 bits per heavy atom. The van der Waals surface area contributed by atoms with E-state index in [4.69, 9.17) is 18.9 Å². The van der Waals surface area contributed by atoms with Gasteiger partial charge >= 0.3 is 0 Å². The Kier molecular flexibility index (Phi) is 55.7. The van der Waals surface area contributed by atoms with E-state index in [0.29, 0.717) is 12.8 Å². The van der Waals surface area contributed by atoms with Crippen molar-refractivity contribution in [2.24, 2.45) is 0 Å². The molecule has 2 heterocycles. The molecule has 0 aliphatic carbocycles. The van der Waals surface area contributed by atoms with E-state index in [9.17, 15) is 45.6 Å². The summed E-state index contributed by atoms with van der Waals surface area (Å²) < 4.78 is 22.9. The Labute approximate surface area is 543 Å². The minimum atomic E-state index is -1.79. The molecular weight excluding hydrogens is 1120 g/mol. The van der Waals surface area contributed by atoms with Gasteiger partial charge in [0.25, 0.3) is 0 Å². The molecule has 2 saturated heterocycles. The van der Waals surface area contributed by atoms with Crippen LogP contribution in [0.5, 0.6) is 0 Å². The van der Waals surface area contributed by atoms with Crippen molar-refractivity contribution >= 4 is 5.91 Å². The molecule has 2 aliphatic rings. The van der Waals surface area contributed by atoms with Gasteiger partial charge in [-0.1, -0.05) is 300 Å². The SMILES string of the molecule is CCCCCCCCCC/C=C\CCCCCCCCCCCCCC(=O)NC(COC1OC(CO)C(OC2OC(CO)C(O)C(O)C2O)C(O)C1O)C(O)/C=C/CC/C=C/CC/C=C/CCCCCCCCCCCCCCCCCCCCCCCC. The first-order chi connectivity index (χ1) is 43.6.